The van der Waals surface area contributed by atoms with Crippen LogP contribution in [0, 0.1) is 0 Å². The lowest BCUT2D eigenvalue weighted by Gasteiger charge is -2.17. The molecule has 1 aliphatic rings. The van der Waals surface area contributed by atoms with Gasteiger partial charge in [-0.25, -0.2) is 0 Å². The fraction of sp³-hybridized carbons (Fsp3) is 0.200. The third kappa shape index (κ3) is 2.34. The molecule has 18 heavy (non-hydrogen) atoms. The minimum Gasteiger partial charge on any atom is -0.377 e. The van der Waals surface area contributed by atoms with E-state index in [4.69, 9.17) is 0 Å². The predicted octanol–water partition coefficient (Wildman–Crippen LogP) is 5.31. The Morgan fingerprint density at radius 1 is 1.06 bits per heavy atom. The average Bonchev–Trinajstić information content (AvgIpc) is 2.78. The summed E-state index contributed by atoms with van der Waals surface area (Å²) in [5, 5.41) is 3.63. The third-order valence-corrected chi connectivity index (χ3v) is 4.58. The van der Waals surface area contributed by atoms with Crippen LogP contribution in [-0.2, 0) is 6.42 Å². The van der Waals surface area contributed by atoms with Gasteiger partial charge in [0, 0.05) is 8.95 Å². The second kappa shape index (κ2) is 5.06. The van der Waals surface area contributed by atoms with Crippen molar-refractivity contribution in [1.82, 2.24) is 0 Å². The molecule has 0 bridgehead atoms. The molecule has 1 atom stereocenters. The van der Waals surface area contributed by atoms with Crippen LogP contribution in [0.1, 0.15) is 23.6 Å². The third-order valence-electron chi connectivity index (χ3n) is 3.39. The molecule has 0 saturated carbocycles. The largest absolute Gasteiger partial charge is 0.377 e. The molecule has 92 valence electrons. The lowest BCUT2D eigenvalue weighted by Crippen LogP contribution is -2.07. The molecule has 0 aromatic heterocycles. The first-order valence-electron chi connectivity index (χ1n) is 6.03. The van der Waals surface area contributed by atoms with Gasteiger partial charge in [0.2, 0.25) is 0 Å². The van der Waals surface area contributed by atoms with Gasteiger partial charge in [0.1, 0.15) is 0 Å². The van der Waals surface area contributed by atoms with Crippen molar-refractivity contribution in [3.63, 3.8) is 0 Å². The second-order valence-corrected chi connectivity index (χ2v) is 6.33. The molecule has 1 nitrogen and oxygen atoms in total. The Bertz CT molecular complexity index is 580. The van der Waals surface area contributed by atoms with Gasteiger partial charge < -0.3 is 5.32 Å². The summed E-state index contributed by atoms with van der Waals surface area (Å²) in [4.78, 5) is 0. The summed E-state index contributed by atoms with van der Waals surface area (Å²) < 4.78 is 2.20. The van der Waals surface area contributed by atoms with Gasteiger partial charge in [0.15, 0.2) is 0 Å². The Balaban J connectivity index is 1.88. The molecule has 3 rings (SSSR count). The molecule has 1 N–H and O–H groups in total. The Hall–Kier alpha value is -0.800. The maximum Gasteiger partial charge on any atom is 0.0520 e. The van der Waals surface area contributed by atoms with Gasteiger partial charge >= 0.3 is 0 Å². The number of benzene rings is 2. The quantitative estimate of drug-likeness (QED) is 0.759. The number of halogens is 2. The van der Waals surface area contributed by atoms with Crippen molar-refractivity contribution in [3.8, 4) is 0 Å². The Labute approximate surface area is 124 Å². The van der Waals surface area contributed by atoms with Crippen molar-refractivity contribution in [2.24, 2.45) is 0 Å². The van der Waals surface area contributed by atoms with Gasteiger partial charge in [0.25, 0.3) is 0 Å². The van der Waals surface area contributed by atoms with Gasteiger partial charge in [-0.05, 0) is 58.1 Å². The van der Waals surface area contributed by atoms with E-state index in [-0.39, 0.29) is 0 Å². The van der Waals surface area contributed by atoms with Crippen LogP contribution in [0.25, 0.3) is 0 Å². The van der Waals surface area contributed by atoms with E-state index in [0.717, 1.165) is 21.1 Å². The fourth-order valence-electron chi connectivity index (χ4n) is 2.50. The smallest absolute Gasteiger partial charge is 0.0520 e. The highest BCUT2D eigenvalue weighted by molar-refractivity contribution is 9.11. The maximum atomic E-state index is 3.63. The van der Waals surface area contributed by atoms with Gasteiger partial charge in [-0.3, -0.25) is 0 Å². The number of hydrogen-bond donors (Lipinski definition) is 1. The van der Waals surface area contributed by atoms with Gasteiger partial charge in [-0.2, -0.15) is 0 Å². The lowest BCUT2D eigenvalue weighted by atomic mass is 10.1. The van der Waals surface area contributed by atoms with Gasteiger partial charge in [-0.1, -0.05) is 40.2 Å². The zero-order valence-corrected chi connectivity index (χ0v) is 13.0. The minimum atomic E-state index is 0.423. The molecule has 2 aromatic rings. The van der Waals surface area contributed by atoms with Gasteiger partial charge in [0.05, 0.1) is 11.7 Å². The fourth-order valence-corrected chi connectivity index (χ4v) is 3.23. The number of fused-ring (bicyclic) bond motifs is 1. The molecule has 0 aliphatic heterocycles. The highest BCUT2D eigenvalue weighted by Crippen LogP contribution is 2.36. The molecule has 1 aliphatic carbocycles. The molecule has 1 unspecified atom stereocenters. The van der Waals surface area contributed by atoms with E-state index in [9.17, 15) is 0 Å². The van der Waals surface area contributed by atoms with E-state index in [2.05, 4.69) is 73.6 Å². The molecular weight excluding hydrogens is 354 g/mol. The van der Waals surface area contributed by atoms with Crippen LogP contribution in [-0.4, -0.2) is 0 Å². The van der Waals surface area contributed by atoms with Crippen LogP contribution in [0.3, 0.4) is 0 Å². The SMILES string of the molecule is Brc1ccc(Br)c(NC2CCc3ccccc32)c1. The normalized spacial score (nSPS) is 17.6. The molecule has 0 fully saturated rings. The average molecular weight is 367 g/mol. The van der Waals surface area contributed by atoms with Crippen molar-refractivity contribution in [2.45, 2.75) is 18.9 Å². The molecule has 0 spiro atoms. The monoisotopic (exact) mass is 365 g/mol. The van der Waals surface area contributed by atoms with Crippen molar-refractivity contribution in [2.75, 3.05) is 5.32 Å². The second-order valence-electron chi connectivity index (χ2n) is 4.56. The number of nitrogens with one attached hydrogen (secondary N) is 1. The van der Waals surface area contributed by atoms with Crippen LogP contribution < -0.4 is 5.32 Å². The Morgan fingerprint density at radius 2 is 1.89 bits per heavy atom. The van der Waals surface area contributed by atoms with Crippen LogP contribution in [0.15, 0.2) is 51.4 Å². The molecule has 2 aromatic carbocycles. The van der Waals surface area contributed by atoms with E-state index in [1.807, 2.05) is 6.07 Å². The first-order valence-corrected chi connectivity index (χ1v) is 7.62. The van der Waals surface area contributed by atoms with Crippen molar-refractivity contribution >= 4 is 37.5 Å². The van der Waals surface area contributed by atoms with E-state index in [0.29, 0.717) is 6.04 Å². The van der Waals surface area contributed by atoms with Crippen LogP contribution in [0.5, 0.6) is 0 Å². The molecule has 0 amide bonds. The topological polar surface area (TPSA) is 12.0 Å². The summed E-state index contributed by atoms with van der Waals surface area (Å²) in [7, 11) is 0. The summed E-state index contributed by atoms with van der Waals surface area (Å²) >= 11 is 7.11. The van der Waals surface area contributed by atoms with E-state index < -0.39 is 0 Å². The predicted molar refractivity (Wildman–Crippen MR) is 83.0 cm³/mol. The maximum absolute atomic E-state index is 3.63. The first-order chi connectivity index (χ1) is 8.74. The van der Waals surface area contributed by atoms with Gasteiger partial charge in [-0.15, -0.1) is 0 Å². The van der Waals surface area contributed by atoms with Crippen molar-refractivity contribution in [1.29, 1.82) is 0 Å². The number of anilines is 1. The summed E-state index contributed by atoms with van der Waals surface area (Å²) in [5.41, 5.74) is 4.05. The minimum absolute atomic E-state index is 0.423. The summed E-state index contributed by atoms with van der Waals surface area (Å²) in [6.45, 7) is 0. The summed E-state index contributed by atoms with van der Waals surface area (Å²) in [5.74, 6) is 0. The van der Waals surface area contributed by atoms with Crippen LogP contribution >= 0.6 is 31.9 Å². The zero-order valence-electron chi connectivity index (χ0n) is 9.79. The molecule has 0 radical (unpaired) electrons. The van der Waals surface area contributed by atoms with Crippen molar-refractivity contribution in [3.05, 3.63) is 62.5 Å². The highest BCUT2D eigenvalue weighted by Gasteiger charge is 2.22. The molecule has 0 saturated heterocycles. The first kappa shape index (κ1) is 12.2. The number of hydrogen-bond acceptors (Lipinski definition) is 1. The molecule has 0 heterocycles. The highest BCUT2D eigenvalue weighted by atomic mass is 79.9. The zero-order chi connectivity index (χ0) is 12.5. The van der Waals surface area contributed by atoms with Crippen molar-refractivity contribution < 1.29 is 0 Å². The van der Waals surface area contributed by atoms with Crippen LogP contribution in [0.4, 0.5) is 5.69 Å². The van der Waals surface area contributed by atoms with Crippen LogP contribution in [0.2, 0.25) is 0 Å². The number of aryl methyl sites for hydroxylation is 1. The Morgan fingerprint density at radius 3 is 2.78 bits per heavy atom. The molecular formula is C15H13Br2N. The van der Waals surface area contributed by atoms with E-state index >= 15 is 0 Å². The lowest BCUT2D eigenvalue weighted by molar-refractivity contribution is 0.761. The van der Waals surface area contributed by atoms with E-state index in [1.165, 1.54) is 17.5 Å². The number of rotatable bonds is 2. The Kier molecular flexibility index (Phi) is 3.44. The summed E-state index contributed by atoms with van der Waals surface area (Å²) in [6.07, 6.45) is 2.33. The summed E-state index contributed by atoms with van der Waals surface area (Å²) in [6, 6.07) is 15.3. The molecule has 3 heteroatoms. The standard InChI is InChI=1S/C15H13Br2N/c16-11-6-7-13(17)15(9-11)18-14-8-5-10-3-1-2-4-12(10)14/h1-4,6-7,9,14,18H,5,8H2. The van der Waals surface area contributed by atoms with E-state index in [1.54, 1.807) is 0 Å².